The number of ether oxygens (including phenoxy) is 1. The van der Waals surface area contributed by atoms with Gasteiger partial charge >= 0.3 is 5.76 Å². The van der Waals surface area contributed by atoms with Crippen LogP contribution in [0.2, 0.25) is 0 Å². The molecular weight excluding hydrogens is 432 g/mol. The van der Waals surface area contributed by atoms with Crippen LogP contribution in [-0.4, -0.2) is 36.0 Å². The maximum Gasteiger partial charge on any atom is 0.341 e. The van der Waals surface area contributed by atoms with Crippen LogP contribution in [0.15, 0.2) is 71.2 Å². The zero-order valence-electron chi connectivity index (χ0n) is 16.0. The molecule has 30 heavy (non-hydrogen) atoms. The van der Waals surface area contributed by atoms with E-state index in [9.17, 15) is 17.2 Å². The van der Waals surface area contributed by atoms with Gasteiger partial charge in [0.15, 0.2) is 11.0 Å². The number of halogens is 2. The summed E-state index contributed by atoms with van der Waals surface area (Å²) >= 11 is 1.40. The van der Waals surface area contributed by atoms with Gasteiger partial charge in [0.1, 0.15) is 5.75 Å². The van der Waals surface area contributed by atoms with Gasteiger partial charge in [-0.3, -0.25) is 4.57 Å². The fourth-order valence-corrected chi connectivity index (χ4v) is 4.29. The summed E-state index contributed by atoms with van der Waals surface area (Å²) in [5.74, 6) is -1.56. The molecule has 0 radical (unpaired) electrons. The minimum atomic E-state index is -4.59. The van der Waals surface area contributed by atoms with Crippen molar-refractivity contribution in [3.63, 3.8) is 0 Å². The number of hydrogen-bond acceptors (Lipinski definition) is 6. The summed E-state index contributed by atoms with van der Waals surface area (Å²) in [6.07, 6.45) is 1.74. The third-order valence-corrected chi connectivity index (χ3v) is 6.67. The van der Waals surface area contributed by atoms with Gasteiger partial charge in [0.2, 0.25) is 9.84 Å². The Kier molecular flexibility index (Phi) is 6.88. The number of alkyl halides is 2. The van der Waals surface area contributed by atoms with E-state index in [4.69, 9.17) is 4.74 Å². The summed E-state index contributed by atoms with van der Waals surface area (Å²) < 4.78 is 55.4. The number of sulfone groups is 1. The molecule has 0 spiro atoms. The van der Waals surface area contributed by atoms with Crippen LogP contribution in [0.1, 0.15) is 5.56 Å². The molecule has 10 heteroatoms. The average molecular weight is 452 g/mol. The van der Waals surface area contributed by atoms with E-state index in [2.05, 4.69) is 16.8 Å². The fraction of sp³-hybridized carbons (Fsp3) is 0.200. The molecule has 1 aromatic heterocycles. The molecular formula is C20H19F2N3O3S2. The number of allylic oxidation sites excluding steroid dienone is 1. The molecule has 0 N–H and O–H groups in total. The molecule has 6 nitrogen and oxygen atoms in total. The van der Waals surface area contributed by atoms with Gasteiger partial charge in [-0.05, 0) is 42.0 Å². The molecule has 0 amide bonds. The molecule has 0 saturated carbocycles. The molecule has 0 aliphatic rings. The van der Waals surface area contributed by atoms with E-state index in [0.717, 1.165) is 16.9 Å². The molecule has 2 aromatic carbocycles. The van der Waals surface area contributed by atoms with E-state index in [1.54, 1.807) is 13.2 Å². The predicted molar refractivity (Wildman–Crippen MR) is 111 cm³/mol. The van der Waals surface area contributed by atoms with Crippen molar-refractivity contribution in [1.82, 2.24) is 14.8 Å². The highest BCUT2D eigenvalue weighted by atomic mass is 32.2. The van der Waals surface area contributed by atoms with Gasteiger partial charge in [0, 0.05) is 17.9 Å². The van der Waals surface area contributed by atoms with Crippen LogP contribution < -0.4 is 4.74 Å². The average Bonchev–Trinajstić information content (AvgIpc) is 3.15. The third-order valence-electron chi connectivity index (χ3n) is 4.23. The molecule has 1 heterocycles. The number of methoxy groups -OCH3 is 1. The Morgan fingerprint density at radius 1 is 1.13 bits per heavy atom. The van der Waals surface area contributed by atoms with Crippen LogP contribution in [0, 0.1) is 0 Å². The lowest BCUT2D eigenvalue weighted by Crippen LogP contribution is -2.11. The summed E-state index contributed by atoms with van der Waals surface area (Å²) in [6.45, 7) is 4.28. The van der Waals surface area contributed by atoms with E-state index in [0.29, 0.717) is 23.3 Å². The Bertz CT molecular complexity index is 1110. The van der Waals surface area contributed by atoms with Crippen LogP contribution in [0.4, 0.5) is 8.78 Å². The molecule has 0 aliphatic heterocycles. The fourth-order valence-electron chi connectivity index (χ4n) is 2.67. The van der Waals surface area contributed by atoms with Gasteiger partial charge in [-0.15, -0.1) is 16.8 Å². The molecule has 0 unspecified atom stereocenters. The van der Waals surface area contributed by atoms with E-state index in [1.807, 2.05) is 28.8 Å². The van der Waals surface area contributed by atoms with E-state index >= 15 is 0 Å². The van der Waals surface area contributed by atoms with Gasteiger partial charge in [-0.1, -0.05) is 30.0 Å². The summed E-state index contributed by atoms with van der Waals surface area (Å²) in [4.78, 5) is -0.400. The molecule has 158 valence electrons. The highest BCUT2D eigenvalue weighted by molar-refractivity contribution is 7.98. The summed E-state index contributed by atoms with van der Waals surface area (Å²) in [5.41, 5.74) is 1.64. The largest absolute Gasteiger partial charge is 0.497 e. The molecule has 0 atom stereocenters. The molecule has 3 rings (SSSR count). The van der Waals surface area contributed by atoms with Crippen LogP contribution in [0.5, 0.6) is 5.75 Å². The minimum Gasteiger partial charge on any atom is -0.497 e. The van der Waals surface area contributed by atoms with E-state index < -0.39 is 20.5 Å². The second kappa shape index (κ2) is 9.40. The first-order valence-corrected chi connectivity index (χ1v) is 11.3. The van der Waals surface area contributed by atoms with Crippen molar-refractivity contribution < 1.29 is 21.9 Å². The second-order valence-electron chi connectivity index (χ2n) is 6.17. The molecule has 0 fully saturated rings. The molecule has 0 aliphatic carbocycles. The molecule has 0 saturated heterocycles. The van der Waals surface area contributed by atoms with Crippen molar-refractivity contribution in [2.24, 2.45) is 0 Å². The Balaban J connectivity index is 1.78. The summed E-state index contributed by atoms with van der Waals surface area (Å²) in [6, 6.07) is 12.9. The standard InChI is InChI=1S/C20H19F2N3O3S2/c1-3-12-25-18(15-6-8-16(28-2)9-7-15)23-24-20(25)29-13-14-4-10-17(11-5-14)30(26,27)19(21)22/h3-11,19H,1,12-13H2,2H3. The van der Waals surface area contributed by atoms with Gasteiger partial charge in [0.05, 0.1) is 12.0 Å². The third kappa shape index (κ3) is 4.71. The smallest absolute Gasteiger partial charge is 0.341 e. The molecule has 3 aromatic rings. The number of hydrogen-bond donors (Lipinski definition) is 0. The first-order valence-electron chi connectivity index (χ1n) is 8.79. The van der Waals surface area contributed by atoms with Crippen molar-refractivity contribution in [2.75, 3.05) is 7.11 Å². The Morgan fingerprint density at radius 2 is 1.80 bits per heavy atom. The number of rotatable bonds is 9. The topological polar surface area (TPSA) is 74.1 Å². The van der Waals surface area contributed by atoms with Gasteiger partial charge in [0.25, 0.3) is 0 Å². The normalized spacial score (nSPS) is 11.6. The first kappa shape index (κ1) is 22.0. The van der Waals surface area contributed by atoms with Crippen molar-refractivity contribution in [2.45, 2.75) is 28.1 Å². The van der Waals surface area contributed by atoms with Crippen LogP contribution in [-0.2, 0) is 22.1 Å². The SMILES string of the molecule is C=CCn1c(SCc2ccc(S(=O)(=O)C(F)F)cc2)nnc1-c1ccc(OC)cc1. The lowest BCUT2D eigenvalue weighted by Gasteiger charge is -2.09. The minimum absolute atomic E-state index is 0.400. The monoisotopic (exact) mass is 451 g/mol. The number of benzene rings is 2. The van der Waals surface area contributed by atoms with Gasteiger partial charge in [-0.25, -0.2) is 8.42 Å². The zero-order chi connectivity index (χ0) is 21.7. The van der Waals surface area contributed by atoms with Gasteiger partial charge in [-0.2, -0.15) is 8.78 Å². The van der Waals surface area contributed by atoms with Crippen LogP contribution >= 0.6 is 11.8 Å². The maximum atomic E-state index is 12.6. The lowest BCUT2D eigenvalue weighted by atomic mass is 10.2. The Morgan fingerprint density at radius 3 is 2.37 bits per heavy atom. The van der Waals surface area contributed by atoms with Crippen LogP contribution in [0.3, 0.4) is 0 Å². The zero-order valence-corrected chi connectivity index (χ0v) is 17.7. The van der Waals surface area contributed by atoms with Crippen LogP contribution in [0.25, 0.3) is 11.4 Å². The highest BCUT2D eigenvalue weighted by Crippen LogP contribution is 2.28. The lowest BCUT2D eigenvalue weighted by molar-refractivity contribution is 0.234. The Labute approximate surface area is 177 Å². The van der Waals surface area contributed by atoms with Gasteiger partial charge < -0.3 is 4.74 Å². The quantitative estimate of drug-likeness (QED) is 0.354. The van der Waals surface area contributed by atoms with Crippen molar-refractivity contribution in [1.29, 1.82) is 0 Å². The predicted octanol–water partition coefficient (Wildman–Crippen LogP) is 4.43. The van der Waals surface area contributed by atoms with E-state index in [-0.39, 0.29) is 0 Å². The Hall–Kier alpha value is -2.72. The van der Waals surface area contributed by atoms with Crippen molar-refractivity contribution >= 4 is 21.6 Å². The molecule has 0 bridgehead atoms. The second-order valence-corrected chi connectivity index (χ2v) is 9.03. The number of nitrogens with zero attached hydrogens (tertiary/aromatic N) is 3. The summed E-state index contributed by atoms with van der Waals surface area (Å²) in [5, 5.41) is 9.19. The first-order chi connectivity index (χ1) is 14.4. The highest BCUT2D eigenvalue weighted by Gasteiger charge is 2.26. The number of aromatic nitrogens is 3. The number of thioether (sulfide) groups is 1. The maximum absolute atomic E-state index is 12.6. The van der Waals surface area contributed by atoms with Crippen molar-refractivity contribution in [3.8, 4) is 17.1 Å². The summed E-state index contributed by atoms with van der Waals surface area (Å²) in [7, 11) is -3.00. The van der Waals surface area contributed by atoms with Crippen molar-refractivity contribution in [3.05, 3.63) is 66.7 Å². The van der Waals surface area contributed by atoms with E-state index in [1.165, 1.54) is 36.0 Å².